The highest BCUT2D eigenvalue weighted by molar-refractivity contribution is 7.17. The van der Waals surface area contributed by atoms with Crippen LogP contribution < -0.4 is 5.56 Å². The summed E-state index contributed by atoms with van der Waals surface area (Å²) < 4.78 is 5.74. The largest absolute Gasteiger partial charge is 0.361 e. The zero-order valence-electron chi connectivity index (χ0n) is 15.4. The minimum absolute atomic E-state index is 0.165. The van der Waals surface area contributed by atoms with Crippen LogP contribution in [0, 0.1) is 13.8 Å². The Balaban J connectivity index is 1.71. The number of nitrogens with zero attached hydrogens (tertiary/aromatic N) is 3. The molecule has 0 radical (unpaired) electrons. The number of H-pyrrole nitrogens is 1. The van der Waals surface area contributed by atoms with E-state index in [1.54, 1.807) is 24.8 Å². The second kappa shape index (κ2) is 7.40. The van der Waals surface area contributed by atoms with E-state index < -0.39 is 0 Å². The lowest BCUT2D eigenvalue weighted by molar-refractivity contribution is 0.0723. The number of amides is 1. The molecule has 3 aromatic heterocycles. The maximum atomic E-state index is 13.3. The molecule has 142 valence electrons. The molecule has 0 aliphatic carbocycles. The predicted octanol–water partition coefficient (Wildman–Crippen LogP) is 3.43. The number of thiophene rings is 1. The molecule has 0 unspecified atom stereocenters. The van der Waals surface area contributed by atoms with E-state index in [-0.39, 0.29) is 18.0 Å². The number of carbonyl (C=O) groups is 1. The van der Waals surface area contributed by atoms with Gasteiger partial charge in [0.05, 0.1) is 17.8 Å². The number of aromatic amines is 1. The van der Waals surface area contributed by atoms with E-state index in [9.17, 15) is 9.59 Å². The molecule has 4 aromatic rings. The normalized spacial score (nSPS) is 11.1. The first kappa shape index (κ1) is 18.1. The summed E-state index contributed by atoms with van der Waals surface area (Å²) in [5.41, 5.74) is 2.39. The first-order chi connectivity index (χ1) is 13.5. The highest BCUT2D eigenvalue weighted by Crippen LogP contribution is 2.19. The number of fused-ring (bicyclic) bond motifs is 1. The van der Waals surface area contributed by atoms with Crippen LogP contribution in [0.2, 0.25) is 0 Å². The van der Waals surface area contributed by atoms with Crippen LogP contribution in [-0.4, -0.2) is 25.9 Å². The molecule has 4 rings (SSSR count). The Morgan fingerprint density at radius 2 is 1.96 bits per heavy atom. The highest BCUT2D eigenvalue weighted by atomic mass is 32.1. The minimum atomic E-state index is -0.215. The van der Waals surface area contributed by atoms with Crippen molar-refractivity contribution in [3.63, 3.8) is 0 Å². The van der Waals surface area contributed by atoms with Gasteiger partial charge in [0.2, 0.25) is 0 Å². The zero-order chi connectivity index (χ0) is 19.7. The molecule has 1 N–H and O–H groups in total. The van der Waals surface area contributed by atoms with Gasteiger partial charge in [-0.15, -0.1) is 11.3 Å². The molecule has 28 heavy (non-hydrogen) atoms. The fraction of sp³-hybridized carbons (Fsp3) is 0.200. The SMILES string of the molecule is Cc1noc(C)c1C(=O)N(Cc1ccccc1)Cc1nc2ccsc2c(=O)[nH]1. The van der Waals surface area contributed by atoms with Crippen molar-refractivity contribution in [1.82, 2.24) is 20.0 Å². The second-order valence-electron chi connectivity index (χ2n) is 6.49. The van der Waals surface area contributed by atoms with E-state index in [4.69, 9.17) is 4.52 Å². The van der Waals surface area contributed by atoms with Gasteiger partial charge in [-0.05, 0) is 30.9 Å². The van der Waals surface area contributed by atoms with Crippen LogP contribution in [-0.2, 0) is 13.1 Å². The van der Waals surface area contributed by atoms with Gasteiger partial charge in [-0.3, -0.25) is 9.59 Å². The number of nitrogens with one attached hydrogen (secondary N) is 1. The third-order valence-electron chi connectivity index (χ3n) is 4.46. The summed E-state index contributed by atoms with van der Waals surface area (Å²) in [4.78, 5) is 34.5. The van der Waals surface area contributed by atoms with Crippen molar-refractivity contribution < 1.29 is 9.32 Å². The molecule has 0 atom stereocenters. The van der Waals surface area contributed by atoms with E-state index in [0.29, 0.717) is 39.6 Å². The number of carbonyl (C=O) groups excluding carboxylic acids is 1. The van der Waals surface area contributed by atoms with E-state index in [2.05, 4.69) is 15.1 Å². The van der Waals surface area contributed by atoms with Crippen molar-refractivity contribution in [3.8, 4) is 0 Å². The average molecular weight is 394 g/mol. The molecule has 0 saturated heterocycles. The third-order valence-corrected chi connectivity index (χ3v) is 5.36. The molecule has 0 fully saturated rings. The number of rotatable bonds is 5. The standard InChI is InChI=1S/C20H18N4O3S/c1-12-17(13(2)27-23-12)20(26)24(10-14-6-4-3-5-7-14)11-16-21-15-8-9-28-18(15)19(25)22-16/h3-9H,10-11H2,1-2H3,(H,21,22,25). The van der Waals surface area contributed by atoms with E-state index in [1.165, 1.54) is 11.3 Å². The fourth-order valence-electron chi connectivity index (χ4n) is 3.13. The van der Waals surface area contributed by atoms with Gasteiger partial charge >= 0.3 is 0 Å². The first-order valence-corrected chi connectivity index (χ1v) is 9.63. The average Bonchev–Trinajstić information content (AvgIpc) is 3.28. The van der Waals surface area contributed by atoms with Gasteiger partial charge in [-0.25, -0.2) is 4.98 Å². The summed E-state index contributed by atoms with van der Waals surface area (Å²) in [5.74, 6) is 0.690. The molecule has 0 bridgehead atoms. The summed E-state index contributed by atoms with van der Waals surface area (Å²) in [7, 11) is 0. The number of benzene rings is 1. The topological polar surface area (TPSA) is 92.1 Å². The molecule has 0 aliphatic heterocycles. The van der Waals surface area contributed by atoms with Gasteiger partial charge in [0.15, 0.2) is 0 Å². The van der Waals surface area contributed by atoms with Crippen molar-refractivity contribution in [2.24, 2.45) is 0 Å². The third kappa shape index (κ3) is 3.46. The summed E-state index contributed by atoms with van der Waals surface area (Å²) >= 11 is 1.34. The van der Waals surface area contributed by atoms with Crippen LogP contribution in [0.3, 0.4) is 0 Å². The Morgan fingerprint density at radius 3 is 2.68 bits per heavy atom. The predicted molar refractivity (Wildman–Crippen MR) is 106 cm³/mol. The molecule has 7 nitrogen and oxygen atoms in total. The van der Waals surface area contributed by atoms with Crippen LogP contribution in [0.25, 0.3) is 10.2 Å². The lowest BCUT2D eigenvalue weighted by Gasteiger charge is -2.22. The highest BCUT2D eigenvalue weighted by Gasteiger charge is 2.24. The molecule has 0 saturated carbocycles. The summed E-state index contributed by atoms with van der Waals surface area (Å²) in [6.45, 7) is 3.99. The van der Waals surface area contributed by atoms with Gasteiger partial charge < -0.3 is 14.4 Å². The Hall–Kier alpha value is -3.26. The molecule has 1 amide bonds. The molecular weight excluding hydrogens is 376 g/mol. The van der Waals surface area contributed by atoms with E-state index >= 15 is 0 Å². The maximum Gasteiger partial charge on any atom is 0.268 e. The van der Waals surface area contributed by atoms with E-state index in [1.807, 2.05) is 35.7 Å². The van der Waals surface area contributed by atoms with E-state index in [0.717, 1.165) is 5.56 Å². The Kier molecular flexibility index (Phi) is 4.79. The van der Waals surface area contributed by atoms with Crippen molar-refractivity contribution >= 4 is 27.5 Å². The monoisotopic (exact) mass is 394 g/mol. The second-order valence-corrected chi connectivity index (χ2v) is 7.41. The van der Waals surface area contributed by atoms with Crippen molar-refractivity contribution in [1.29, 1.82) is 0 Å². The maximum absolute atomic E-state index is 13.3. The molecule has 1 aromatic carbocycles. The molecule has 3 heterocycles. The molecular formula is C20H18N4O3S. The Bertz CT molecular complexity index is 1170. The van der Waals surface area contributed by atoms with Gasteiger partial charge in [0.1, 0.15) is 21.8 Å². The molecule has 0 aliphatic rings. The van der Waals surface area contributed by atoms with Crippen molar-refractivity contribution in [2.45, 2.75) is 26.9 Å². The van der Waals surface area contributed by atoms with Crippen LogP contribution >= 0.6 is 11.3 Å². The lowest BCUT2D eigenvalue weighted by atomic mass is 10.1. The van der Waals surface area contributed by atoms with Gasteiger partial charge in [-0.1, -0.05) is 35.5 Å². The van der Waals surface area contributed by atoms with Crippen molar-refractivity contribution in [2.75, 3.05) is 0 Å². The first-order valence-electron chi connectivity index (χ1n) is 8.75. The Labute approximate surface area is 164 Å². The zero-order valence-corrected chi connectivity index (χ0v) is 16.2. The fourth-order valence-corrected chi connectivity index (χ4v) is 3.85. The number of hydrogen-bond acceptors (Lipinski definition) is 6. The smallest absolute Gasteiger partial charge is 0.268 e. The summed E-state index contributed by atoms with van der Waals surface area (Å²) in [5, 5.41) is 5.71. The van der Waals surface area contributed by atoms with Crippen LogP contribution in [0.4, 0.5) is 0 Å². The van der Waals surface area contributed by atoms with Crippen LogP contribution in [0.15, 0.2) is 51.1 Å². The summed E-state index contributed by atoms with van der Waals surface area (Å²) in [6.07, 6.45) is 0. The quantitative estimate of drug-likeness (QED) is 0.560. The number of aryl methyl sites for hydroxylation is 2. The lowest BCUT2D eigenvalue weighted by Crippen LogP contribution is -2.32. The Morgan fingerprint density at radius 1 is 1.18 bits per heavy atom. The van der Waals surface area contributed by atoms with Crippen molar-refractivity contribution in [3.05, 3.63) is 80.5 Å². The number of aromatic nitrogens is 3. The summed E-state index contributed by atoms with van der Waals surface area (Å²) in [6, 6.07) is 11.5. The van der Waals surface area contributed by atoms with Gasteiger partial charge in [0, 0.05) is 6.54 Å². The van der Waals surface area contributed by atoms with Crippen LogP contribution in [0.5, 0.6) is 0 Å². The molecule has 8 heteroatoms. The minimum Gasteiger partial charge on any atom is -0.361 e. The van der Waals surface area contributed by atoms with Crippen LogP contribution in [0.1, 0.15) is 33.2 Å². The van der Waals surface area contributed by atoms with Gasteiger partial charge in [0.25, 0.3) is 11.5 Å². The number of hydrogen-bond donors (Lipinski definition) is 1. The molecule has 0 spiro atoms. The van der Waals surface area contributed by atoms with Gasteiger partial charge in [-0.2, -0.15) is 0 Å².